The summed E-state index contributed by atoms with van der Waals surface area (Å²) in [4.78, 5) is 10.0. The van der Waals surface area contributed by atoms with Gasteiger partial charge in [0.05, 0.1) is 12.2 Å². The summed E-state index contributed by atoms with van der Waals surface area (Å²) >= 11 is 0. The Labute approximate surface area is 152 Å². The maximum absolute atomic E-state index is 6.16. The van der Waals surface area contributed by atoms with Gasteiger partial charge in [-0.15, -0.1) is 0 Å². The number of nitrogens with one attached hydrogen (secondary N) is 1. The van der Waals surface area contributed by atoms with Crippen molar-refractivity contribution in [2.75, 3.05) is 19.7 Å². The van der Waals surface area contributed by atoms with Crippen LogP contribution in [0.15, 0.2) is 54.9 Å². The lowest BCUT2D eigenvalue weighted by atomic mass is 9.84. The molecule has 0 radical (unpaired) electrons. The molecule has 2 aliphatic rings. The Kier molecular flexibility index (Phi) is 3.91. The molecule has 4 heterocycles. The molecule has 1 spiro atoms. The summed E-state index contributed by atoms with van der Waals surface area (Å²) in [6, 6.07) is 14.4. The molecular weight excluding hydrogens is 326 g/mol. The number of hydrogen-bond acceptors (Lipinski definition) is 4. The van der Waals surface area contributed by atoms with Crippen LogP contribution in [0.25, 0.3) is 10.9 Å². The van der Waals surface area contributed by atoms with Gasteiger partial charge in [-0.05, 0) is 23.8 Å². The lowest BCUT2D eigenvalue weighted by Gasteiger charge is -2.53. The third-order valence-corrected chi connectivity index (χ3v) is 5.48. The molecule has 1 unspecified atom stereocenters. The molecule has 2 aromatic heterocycles. The molecule has 2 saturated heterocycles. The summed E-state index contributed by atoms with van der Waals surface area (Å²) in [6.45, 7) is 3.66. The predicted octanol–water partition coefficient (Wildman–Crippen LogP) is 3.38. The van der Waals surface area contributed by atoms with E-state index >= 15 is 0 Å². The van der Waals surface area contributed by atoms with Crippen LogP contribution in [0.4, 0.5) is 0 Å². The summed E-state index contributed by atoms with van der Waals surface area (Å²) in [5.74, 6) is 0.713. The normalized spacial score (nSPS) is 22.4. The lowest BCUT2D eigenvalue weighted by Crippen LogP contribution is -2.65. The summed E-state index contributed by atoms with van der Waals surface area (Å²) in [6.07, 6.45) is 5.84. The molecule has 134 valence electrons. The van der Waals surface area contributed by atoms with E-state index in [4.69, 9.17) is 9.47 Å². The van der Waals surface area contributed by atoms with Gasteiger partial charge in [-0.1, -0.05) is 18.2 Å². The number of likely N-dealkylation sites (tertiary alicyclic amines) is 1. The SMILES string of the molecule is c1ccc(OC2CCOC3(C2)CN(Cc2cccc4[nH]ccc24)C3)nc1. The second kappa shape index (κ2) is 6.41. The molecule has 0 amide bonds. The monoisotopic (exact) mass is 349 g/mol. The van der Waals surface area contributed by atoms with Crippen LogP contribution in [0.5, 0.6) is 5.88 Å². The minimum Gasteiger partial charge on any atom is -0.474 e. The van der Waals surface area contributed by atoms with Gasteiger partial charge in [0.15, 0.2) is 0 Å². The van der Waals surface area contributed by atoms with Crippen LogP contribution < -0.4 is 4.74 Å². The van der Waals surface area contributed by atoms with Crippen molar-refractivity contribution in [2.45, 2.75) is 31.1 Å². The predicted molar refractivity (Wildman–Crippen MR) is 100 cm³/mol. The molecular formula is C21H23N3O2. The number of fused-ring (bicyclic) bond motifs is 1. The molecule has 0 bridgehead atoms. The van der Waals surface area contributed by atoms with E-state index in [2.05, 4.69) is 39.1 Å². The number of hydrogen-bond donors (Lipinski definition) is 1. The highest BCUT2D eigenvalue weighted by Gasteiger charge is 2.48. The van der Waals surface area contributed by atoms with E-state index in [9.17, 15) is 0 Å². The third kappa shape index (κ3) is 2.97. The third-order valence-electron chi connectivity index (χ3n) is 5.48. The first-order valence-electron chi connectivity index (χ1n) is 9.29. The Balaban J connectivity index is 1.22. The van der Waals surface area contributed by atoms with E-state index in [0.29, 0.717) is 5.88 Å². The van der Waals surface area contributed by atoms with E-state index in [1.807, 2.05) is 24.4 Å². The highest BCUT2D eigenvalue weighted by Crippen LogP contribution is 2.36. The molecule has 3 aromatic rings. The van der Waals surface area contributed by atoms with Gasteiger partial charge in [0.1, 0.15) is 6.10 Å². The van der Waals surface area contributed by atoms with Crippen molar-refractivity contribution in [2.24, 2.45) is 0 Å². The van der Waals surface area contributed by atoms with Gasteiger partial charge < -0.3 is 14.5 Å². The fourth-order valence-corrected chi connectivity index (χ4v) is 4.30. The Morgan fingerprint density at radius 3 is 3.04 bits per heavy atom. The quantitative estimate of drug-likeness (QED) is 0.785. The standard InChI is InChI=1S/C21H23N3O2/c1-2-9-23-20(6-1)26-17-8-11-25-21(12-17)14-24(15-21)13-16-4-3-5-19-18(16)7-10-22-19/h1-7,9-10,17,22H,8,11-15H2. The molecule has 26 heavy (non-hydrogen) atoms. The number of aromatic nitrogens is 2. The fraction of sp³-hybridized carbons (Fsp3) is 0.381. The van der Waals surface area contributed by atoms with E-state index in [1.165, 1.54) is 16.5 Å². The first kappa shape index (κ1) is 15.9. The number of ether oxygens (including phenoxy) is 2. The number of H-pyrrole nitrogens is 1. The maximum atomic E-state index is 6.16. The minimum absolute atomic E-state index is 0.0518. The molecule has 1 aromatic carbocycles. The summed E-state index contributed by atoms with van der Waals surface area (Å²) in [5, 5.41) is 1.31. The average molecular weight is 349 g/mol. The molecule has 1 N–H and O–H groups in total. The average Bonchev–Trinajstić information content (AvgIpc) is 3.11. The maximum Gasteiger partial charge on any atom is 0.213 e. The van der Waals surface area contributed by atoms with Gasteiger partial charge in [-0.25, -0.2) is 4.98 Å². The highest BCUT2D eigenvalue weighted by molar-refractivity contribution is 5.82. The van der Waals surface area contributed by atoms with E-state index in [-0.39, 0.29) is 11.7 Å². The Hall–Kier alpha value is -2.37. The topological polar surface area (TPSA) is 50.4 Å². The highest BCUT2D eigenvalue weighted by atomic mass is 16.5. The van der Waals surface area contributed by atoms with Crippen LogP contribution in [-0.2, 0) is 11.3 Å². The van der Waals surface area contributed by atoms with Gasteiger partial charge >= 0.3 is 0 Å². The van der Waals surface area contributed by atoms with Crippen LogP contribution in [0, 0.1) is 0 Å². The molecule has 2 fully saturated rings. The molecule has 5 nitrogen and oxygen atoms in total. The number of aromatic amines is 1. The number of rotatable bonds is 4. The zero-order valence-corrected chi connectivity index (χ0v) is 14.7. The van der Waals surface area contributed by atoms with Crippen molar-refractivity contribution in [3.63, 3.8) is 0 Å². The van der Waals surface area contributed by atoms with Crippen molar-refractivity contribution in [3.8, 4) is 5.88 Å². The smallest absolute Gasteiger partial charge is 0.213 e. The van der Waals surface area contributed by atoms with Crippen LogP contribution in [0.2, 0.25) is 0 Å². The number of nitrogens with zero attached hydrogens (tertiary/aromatic N) is 2. The second-order valence-electron chi connectivity index (χ2n) is 7.43. The summed E-state index contributed by atoms with van der Waals surface area (Å²) < 4.78 is 12.2. The zero-order valence-electron chi connectivity index (χ0n) is 14.7. The molecule has 0 aliphatic carbocycles. The van der Waals surface area contributed by atoms with E-state index in [1.54, 1.807) is 6.20 Å². The molecule has 1 atom stereocenters. The molecule has 2 aliphatic heterocycles. The van der Waals surface area contributed by atoms with Crippen molar-refractivity contribution in [1.29, 1.82) is 0 Å². The van der Waals surface area contributed by atoms with Gasteiger partial charge in [0, 0.05) is 61.8 Å². The zero-order chi connectivity index (χ0) is 17.4. The van der Waals surface area contributed by atoms with Gasteiger partial charge in [0.25, 0.3) is 0 Å². The van der Waals surface area contributed by atoms with E-state index < -0.39 is 0 Å². The van der Waals surface area contributed by atoms with Gasteiger partial charge in [0.2, 0.25) is 5.88 Å². The Bertz CT molecular complexity index is 886. The number of benzene rings is 1. The second-order valence-corrected chi connectivity index (χ2v) is 7.43. The van der Waals surface area contributed by atoms with Crippen LogP contribution in [0.1, 0.15) is 18.4 Å². The summed E-state index contributed by atoms with van der Waals surface area (Å²) in [7, 11) is 0. The van der Waals surface area contributed by atoms with Crippen LogP contribution >= 0.6 is 0 Å². The number of pyridine rings is 1. The van der Waals surface area contributed by atoms with Crippen molar-refractivity contribution >= 4 is 10.9 Å². The minimum atomic E-state index is -0.0518. The Morgan fingerprint density at radius 2 is 2.15 bits per heavy atom. The van der Waals surface area contributed by atoms with Crippen LogP contribution in [-0.4, -0.2) is 46.3 Å². The van der Waals surface area contributed by atoms with Crippen molar-refractivity contribution in [3.05, 3.63) is 60.4 Å². The van der Waals surface area contributed by atoms with Gasteiger partial charge in [-0.3, -0.25) is 4.90 Å². The first-order chi connectivity index (χ1) is 12.8. The van der Waals surface area contributed by atoms with E-state index in [0.717, 1.165) is 39.1 Å². The summed E-state index contributed by atoms with van der Waals surface area (Å²) in [5.41, 5.74) is 2.52. The first-order valence-corrected chi connectivity index (χ1v) is 9.29. The van der Waals surface area contributed by atoms with Crippen molar-refractivity contribution in [1.82, 2.24) is 14.9 Å². The largest absolute Gasteiger partial charge is 0.474 e. The Morgan fingerprint density at radius 1 is 1.19 bits per heavy atom. The lowest BCUT2D eigenvalue weighted by molar-refractivity contribution is -0.188. The van der Waals surface area contributed by atoms with Crippen LogP contribution in [0.3, 0.4) is 0 Å². The molecule has 5 rings (SSSR count). The fourth-order valence-electron chi connectivity index (χ4n) is 4.30. The molecule has 0 saturated carbocycles. The van der Waals surface area contributed by atoms with Gasteiger partial charge in [-0.2, -0.15) is 0 Å². The van der Waals surface area contributed by atoms with Crippen molar-refractivity contribution < 1.29 is 9.47 Å². The molecule has 5 heteroatoms.